The molecular formula is C24H17BrN2O. The Kier molecular flexibility index (Phi) is 4.14. The van der Waals surface area contributed by atoms with Crippen LogP contribution in [0, 0.1) is 0 Å². The van der Waals surface area contributed by atoms with Crippen LogP contribution < -0.4 is 4.74 Å². The number of methoxy groups -OCH3 is 1. The number of pyridine rings is 1. The van der Waals surface area contributed by atoms with Crippen molar-refractivity contribution in [3.05, 3.63) is 89.5 Å². The van der Waals surface area contributed by atoms with Gasteiger partial charge in [-0.3, -0.25) is 4.57 Å². The number of benzene rings is 3. The van der Waals surface area contributed by atoms with Crippen molar-refractivity contribution in [1.82, 2.24) is 9.55 Å². The summed E-state index contributed by atoms with van der Waals surface area (Å²) in [7, 11) is 1.69. The molecule has 136 valence electrons. The van der Waals surface area contributed by atoms with Crippen molar-refractivity contribution >= 4 is 37.7 Å². The fourth-order valence-electron chi connectivity index (χ4n) is 3.73. The Hall–Kier alpha value is -3.11. The first-order chi connectivity index (χ1) is 13.8. The minimum absolute atomic E-state index is 0.832. The predicted octanol–water partition coefficient (Wildman–Crippen LogP) is 6.62. The van der Waals surface area contributed by atoms with E-state index in [-0.39, 0.29) is 0 Å². The van der Waals surface area contributed by atoms with Crippen molar-refractivity contribution in [3.8, 4) is 22.7 Å². The van der Waals surface area contributed by atoms with Crippen molar-refractivity contribution in [2.24, 2.45) is 0 Å². The first kappa shape index (κ1) is 17.0. The van der Waals surface area contributed by atoms with Gasteiger partial charge in [0.1, 0.15) is 11.6 Å². The summed E-state index contributed by atoms with van der Waals surface area (Å²) in [4.78, 5) is 4.70. The summed E-state index contributed by atoms with van der Waals surface area (Å²) in [6, 6.07) is 27.0. The lowest BCUT2D eigenvalue weighted by Crippen LogP contribution is -1.98. The summed E-state index contributed by atoms with van der Waals surface area (Å²) < 4.78 is 8.75. The average Bonchev–Trinajstić information content (AvgIpc) is 3.07. The largest absolute Gasteiger partial charge is 0.497 e. The second-order valence-corrected chi connectivity index (χ2v) is 7.47. The molecular weight excluding hydrogens is 412 g/mol. The SMILES string of the molecule is COc1ccc2c3ccccc3n(-c3cc(-c4ccccc4Br)ccn3)c2c1. The number of ether oxygens (including phenoxy) is 1. The topological polar surface area (TPSA) is 27.1 Å². The Morgan fingerprint density at radius 1 is 0.821 bits per heavy atom. The van der Waals surface area contributed by atoms with Crippen molar-refractivity contribution in [1.29, 1.82) is 0 Å². The van der Waals surface area contributed by atoms with Crippen LogP contribution in [0.4, 0.5) is 0 Å². The van der Waals surface area contributed by atoms with E-state index in [9.17, 15) is 0 Å². The third-order valence-corrected chi connectivity index (χ3v) is 5.73. The second kappa shape index (κ2) is 6.80. The van der Waals surface area contributed by atoms with Gasteiger partial charge in [0.2, 0.25) is 0 Å². The Morgan fingerprint density at radius 3 is 2.46 bits per heavy atom. The molecule has 0 saturated heterocycles. The normalized spacial score (nSPS) is 11.2. The first-order valence-electron chi connectivity index (χ1n) is 9.05. The lowest BCUT2D eigenvalue weighted by atomic mass is 10.1. The molecule has 3 nitrogen and oxygen atoms in total. The number of aromatic nitrogens is 2. The van der Waals surface area contributed by atoms with Crippen molar-refractivity contribution in [2.45, 2.75) is 0 Å². The summed E-state index contributed by atoms with van der Waals surface area (Å²) in [5, 5.41) is 2.39. The van der Waals surface area contributed by atoms with Crippen LogP contribution in [0.5, 0.6) is 5.75 Å². The third-order valence-electron chi connectivity index (χ3n) is 5.04. The zero-order chi connectivity index (χ0) is 19.1. The highest BCUT2D eigenvalue weighted by atomic mass is 79.9. The van der Waals surface area contributed by atoms with Gasteiger partial charge in [-0.25, -0.2) is 4.98 Å². The van der Waals surface area contributed by atoms with Gasteiger partial charge in [-0.2, -0.15) is 0 Å². The van der Waals surface area contributed by atoms with Gasteiger partial charge in [-0.05, 0) is 47.5 Å². The first-order valence-corrected chi connectivity index (χ1v) is 9.84. The molecule has 0 bridgehead atoms. The lowest BCUT2D eigenvalue weighted by molar-refractivity contribution is 0.415. The molecule has 0 aliphatic rings. The van der Waals surface area contributed by atoms with Crippen molar-refractivity contribution < 1.29 is 4.74 Å². The molecule has 0 fully saturated rings. The molecule has 0 radical (unpaired) electrons. The highest BCUT2D eigenvalue weighted by Crippen LogP contribution is 2.35. The van der Waals surface area contributed by atoms with E-state index in [1.165, 1.54) is 10.8 Å². The standard InChI is InChI=1S/C24H17BrN2O/c1-28-17-10-11-20-19-7-3-5-9-22(19)27(23(20)15-17)24-14-16(12-13-26-24)18-6-2-4-8-21(18)25/h2-15H,1H3. The molecule has 4 heteroatoms. The van der Waals surface area contributed by atoms with Crippen LogP contribution in [0.3, 0.4) is 0 Å². The molecule has 0 spiro atoms. The van der Waals surface area contributed by atoms with Crippen LogP contribution in [0.25, 0.3) is 38.8 Å². The molecule has 28 heavy (non-hydrogen) atoms. The predicted molar refractivity (Wildman–Crippen MR) is 118 cm³/mol. The Balaban J connectivity index is 1.81. The van der Waals surface area contributed by atoms with Gasteiger partial charge in [0, 0.05) is 27.5 Å². The van der Waals surface area contributed by atoms with Crippen LogP contribution in [-0.2, 0) is 0 Å². The van der Waals surface area contributed by atoms with E-state index < -0.39 is 0 Å². The Bertz CT molecular complexity index is 1320. The van der Waals surface area contributed by atoms with E-state index in [0.717, 1.165) is 38.2 Å². The number of rotatable bonds is 3. The quantitative estimate of drug-likeness (QED) is 0.322. The van der Waals surface area contributed by atoms with E-state index in [0.29, 0.717) is 0 Å². The molecule has 0 N–H and O–H groups in total. The van der Waals surface area contributed by atoms with Crippen LogP contribution in [0.1, 0.15) is 0 Å². The molecule has 0 saturated carbocycles. The fourth-order valence-corrected chi connectivity index (χ4v) is 4.24. The molecule has 0 aliphatic heterocycles. The maximum Gasteiger partial charge on any atom is 0.138 e. The smallest absolute Gasteiger partial charge is 0.138 e. The Labute approximate surface area is 171 Å². The van der Waals surface area contributed by atoms with Crippen molar-refractivity contribution in [3.63, 3.8) is 0 Å². The van der Waals surface area contributed by atoms with Gasteiger partial charge in [0.05, 0.1) is 18.1 Å². The van der Waals surface area contributed by atoms with Gasteiger partial charge in [0.15, 0.2) is 0 Å². The molecule has 0 amide bonds. The van der Waals surface area contributed by atoms with E-state index >= 15 is 0 Å². The number of para-hydroxylation sites is 1. The lowest BCUT2D eigenvalue weighted by Gasteiger charge is -2.10. The Morgan fingerprint density at radius 2 is 1.61 bits per heavy atom. The summed E-state index contributed by atoms with van der Waals surface area (Å²) in [5.41, 5.74) is 4.47. The monoisotopic (exact) mass is 428 g/mol. The molecule has 5 rings (SSSR count). The molecule has 2 heterocycles. The minimum Gasteiger partial charge on any atom is -0.497 e. The maximum atomic E-state index is 5.48. The summed E-state index contributed by atoms with van der Waals surface area (Å²) in [5.74, 6) is 1.71. The average molecular weight is 429 g/mol. The molecule has 5 aromatic rings. The van der Waals surface area contributed by atoms with Crippen LogP contribution >= 0.6 is 15.9 Å². The zero-order valence-electron chi connectivity index (χ0n) is 15.3. The van der Waals surface area contributed by atoms with Crippen molar-refractivity contribution in [2.75, 3.05) is 7.11 Å². The van der Waals surface area contributed by atoms with Gasteiger partial charge < -0.3 is 4.74 Å². The minimum atomic E-state index is 0.832. The number of fused-ring (bicyclic) bond motifs is 3. The van der Waals surface area contributed by atoms with E-state index in [1.807, 2.05) is 30.5 Å². The van der Waals surface area contributed by atoms with Gasteiger partial charge in [-0.15, -0.1) is 0 Å². The van der Waals surface area contributed by atoms with Gasteiger partial charge in [-0.1, -0.05) is 52.3 Å². The van der Waals surface area contributed by atoms with E-state index in [2.05, 4.69) is 75.1 Å². The number of hydrogen-bond acceptors (Lipinski definition) is 2. The van der Waals surface area contributed by atoms with E-state index in [4.69, 9.17) is 9.72 Å². The third kappa shape index (κ3) is 2.69. The maximum absolute atomic E-state index is 5.48. The van der Waals surface area contributed by atoms with Crippen LogP contribution in [-0.4, -0.2) is 16.7 Å². The summed E-state index contributed by atoms with van der Waals surface area (Å²) >= 11 is 3.66. The van der Waals surface area contributed by atoms with Gasteiger partial charge >= 0.3 is 0 Å². The summed E-state index contributed by atoms with van der Waals surface area (Å²) in [6.07, 6.45) is 1.87. The van der Waals surface area contributed by atoms with Crippen LogP contribution in [0.15, 0.2) is 89.5 Å². The zero-order valence-corrected chi connectivity index (χ0v) is 16.8. The highest BCUT2D eigenvalue weighted by molar-refractivity contribution is 9.10. The molecule has 0 unspecified atom stereocenters. The van der Waals surface area contributed by atoms with Gasteiger partial charge in [0.25, 0.3) is 0 Å². The molecule has 0 aliphatic carbocycles. The fraction of sp³-hybridized carbons (Fsp3) is 0.0417. The molecule has 3 aromatic carbocycles. The number of halogens is 1. The summed E-state index contributed by atoms with van der Waals surface area (Å²) in [6.45, 7) is 0. The molecule has 0 atom stereocenters. The molecule has 2 aromatic heterocycles. The van der Waals surface area contributed by atoms with Crippen LogP contribution in [0.2, 0.25) is 0 Å². The number of hydrogen-bond donors (Lipinski definition) is 0. The second-order valence-electron chi connectivity index (χ2n) is 6.62. The van der Waals surface area contributed by atoms with E-state index in [1.54, 1.807) is 7.11 Å². The number of nitrogens with zero attached hydrogens (tertiary/aromatic N) is 2. The highest BCUT2D eigenvalue weighted by Gasteiger charge is 2.14.